The summed E-state index contributed by atoms with van der Waals surface area (Å²) >= 11 is 0. The van der Waals surface area contributed by atoms with Crippen LogP contribution in [0.25, 0.3) is 0 Å². The molecule has 0 bridgehead atoms. The second-order valence-electron chi connectivity index (χ2n) is 1.40. The van der Waals surface area contributed by atoms with Gasteiger partial charge in [0, 0.05) is 20.3 Å². The first-order chi connectivity index (χ1) is 5.60. The van der Waals surface area contributed by atoms with E-state index in [-0.39, 0.29) is 13.2 Å². The maximum atomic E-state index is 9.25. The number of carboxylic acid groups (broad SMARTS) is 1. The molecule has 0 spiro atoms. The van der Waals surface area contributed by atoms with Crippen molar-refractivity contribution in [2.24, 2.45) is 0 Å². The minimum atomic E-state index is -0.981. The van der Waals surface area contributed by atoms with Gasteiger partial charge in [-0.3, -0.25) is 0 Å². The lowest BCUT2D eigenvalue weighted by molar-refractivity contribution is -0.131. The molecule has 74 valence electrons. The molecule has 0 aromatic rings. The molecule has 0 fully saturated rings. The van der Waals surface area contributed by atoms with Gasteiger partial charge in [-0.2, -0.15) is 0 Å². The summed E-state index contributed by atoms with van der Waals surface area (Å²) in [7, 11) is 3.25. The van der Waals surface area contributed by atoms with Crippen molar-refractivity contribution in [1.82, 2.24) is 0 Å². The van der Waals surface area contributed by atoms with Crippen molar-refractivity contribution in [2.45, 2.75) is 0 Å². The second kappa shape index (κ2) is 22.5. The molecule has 0 saturated carbocycles. The van der Waals surface area contributed by atoms with Crippen LogP contribution in [-0.2, 0) is 9.53 Å². The van der Waals surface area contributed by atoms with Gasteiger partial charge >= 0.3 is 5.97 Å². The summed E-state index contributed by atoms with van der Waals surface area (Å²) in [5.41, 5.74) is 0. The predicted molar refractivity (Wildman–Crippen MR) is 44.9 cm³/mol. The van der Waals surface area contributed by atoms with Gasteiger partial charge in [-0.1, -0.05) is 6.58 Å². The van der Waals surface area contributed by atoms with Crippen molar-refractivity contribution in [3.8, 4) is 0 Å². The number of carbonyl (C=O) groups is 1. The fourth-order valence-corrected chi connectivity index (χ4v) is 0. The van der Waals surface area contributed by atoms with Gasteiger partial charge in [-0.25, -0.2) is 4.79 Å². The average molecular weight is 180 g/mol. The van der Waals surface area contributed by atoms with Gasteiger partial charge in [0.2, 0.25) is 0 Å². The van der Waals surface area contributed by atoms with Crippen molar-refractivity contribution in [1.29, 1.82) is 0 Å². The van der Waals surface area contributed by atoms with Gasteiger partial charge in [-0.05, 0) is 0 Å². The van der Waals surface area contributed by atoms with Crippen LogP contribution in [0.1, 0.15) is 0 Å². The Morgan fingerprint density at radius 3 is 1.58 bits per heavy atom. The number of hydrogen-bond acceptors (Lipinski definition) is 4. The topological polar surface area (TPSA) is 87.0 Å². The van der Waals surface area contributed by atoms with Crippen LogP contribution in [0.3, 0.4) is 0 Å². The Kier molecular flexibility index (Phi) is 32.3. The van der Waals surface area contributed by atoms with E-state index in [1.807, 2.05) is 0 Å². The molecule has 3 N–H and O–H groups in total. The van der Waals surface area contributed by atoms with Crippen LogP contribution in [0.15, 0.2) is 12.7 Å². The second-order valence-corrected chi connectivity index (χ2v) is 1.40. The summed E-state index contributed by atoms with van der Waals surface area (Å²) in [6.45, 7) is 2.71. The van der Waals surface area contributed by atoms with E-state index in [1.165, 1.54) is 0 Å². The first-order valence-corrected chi connectivity index (χ1v) is 3.07. The lowest BCUT2D eigenvalue weighted by Crippen LogP contribution is -1.85. The van der Waals surface area contributed by atoms with E-state index in [2.05, 4.69) is 11.3 Å². The fraction of sp³-hybridized carbons (Fsp3) is 0.571. The minimum absolute atomic E-state index is 0.125. The molecule has 0 atom stereocenters. The molecule has 0 aliphatic rings. The van der Waals surface area contributed by atoms with E-state index >= 15 is 0 Å². The molecule has 5 heteroatoms. The fourth-order valence-electron chi connectivity index (χ4n) is 0. The zero-order valence-corrected chi connectivity index (χ0v) is 7.36. The molecule has 0 unspecified atom stereocenters. The molecule has 0 radical (unpaired) electrons. The zero-order valence-electron chi connectivity index (χ0n) is 7.36. The Balaban J connectivity index is -0.000000105. The maximum Gasteiger partial charge on any atom is 0.327 e. The normalized spacial score (nSPS) is 6.67. The summed E-state index contributed by atoms with van der Waals surface area (Å²) in [4.78, 5) is 9.25. The largest absolute Gasteiger partial charge is 0.478 e. The van der Waals surface area contributed by atoms with Gasteiger partial charge in [0.15, 0.2) is 0 Å². The van der Waals surface area contributed by atoms with Crippen molar-refractivity contribution in [3.05, 3.63) is 12.7 Å². The number of aliphatic carboxylic acids is 1. The van der Waals surface area contributed by atoms with Gasteiger partial charge < -0.3 is 20.1 Å². The van der Waals surface area contributed by atoms with Crippen LogP contribution >= 0.6 is 0 Å². The van der Waals surface area contributed by atoms with Crippen molar-refractivity contribution in [3.63, 3.8) is 0 Å². The van der Waals surface area contributed by atoms with Crippen LogP contribution in [0.5, 0.6) is 0 Å². The standard InChI is InChI=1S/C3H4O2.C2H6O2.C2H6O/c1-2-3(4)5;3-1-2-4;1-3-2/h2H,1H2,(H,4,5);3-4H,1-2H2;1-2H3. The average Bonchev–Trinajstić information content (AvgIpc) is 2.06. The summed E-state index contributed by atoms with van der Waals surface area (Å²) < 4.78 is 4.25. The van der Waals surface area contributed by atoms with E-state index < -0.39 is 5.97 Å². The van der Waals surface area contributed by atoms with Crippen LogP contribution in [0, 0.1) is 0 Å². The van der Waals surface area contributed by atoms with E-state index in [1.54, 1.807) is 14.2 Å². The third kappa shape index (κ3) is 136. The van der Waals surface area contributed by atoms with E-state index in [4.69, 9.17) is 15.3 Å². The number of rotatable bonds is 2. The molecule has 12 heavy (non-hydrogen) atoms. The summed E-state index contributed by atoms with van der Waals surface area (Å²) in [6, 6.07) is 0. The molecule has 5 nitrogen and oxygen atoms in total. The molecule has 0 aliphatic heterocycles. The van der Waals surface area contributed by atoms with Crippen LogP contribution in [0.4, 0.5) is 0 Å². The number of hydrogen-bond donors (Lipinski definition) is 3. The van der Waals surface area contributed by atoms with Crippen molar-refractivity contribution < 1.29 is 24.9 Å². The number of methoxy groups -OCH3 is 1. The molecular formula is C7H16O5. The van der Waals surface area contributed by atoms with Crippen molar-refractivity contribution >= 4 is 5.97 Å². The lowest BCUT2D eigenvalue weighted by atomic mass is 10.7. The number of aliphatic hydroxyl groups excluding tert-OH is 2. The molecule has 0 saturated heterocycles. The Hall–Kier alpha value is -0.910. The Bertz CT molecular complexity index is 89.8. The quantitative estimate of drug-likeness (QED) is 0.498. The minimum Gasteiger partial charge on any atom is -0.478 e. The molecule has 0 amide bonds. The van der Waals surface area contributed by atoms with Crippen LogP contribution in [-0.4, -0.2) is 48.7 Å². The number of ether oxygens (including phenoxy) is 1. The summed E-state index contributed by atoms with van der Waals surface area (Å²) in [5.74, 6) is -0.981. The van der Waals surface area contributed by atoms with E-state index in [0.717, 1.165) is 6.08 Å². The van der Waals surface area contributed by atoms with E-state index in [9.17, 15) is 4.79 Å². The van der Waals surface area contributed by atoms with Gasteiger partial charge in [0.05, 0.1) is 13.2 Å². The SMILES string of the molecule is C=CC(=O)O.COC.OCCO. The van der Waals surface area contributed by atoms with Crippen LogP contribution in [0.2, 0.25) is 0 Å². The molecule has 0 aromatic heterocycles. The monoisotopic (exact) mass is 180 g/mol. The zero-order chi connectivity index (χ0) is 10.4. The van der Waals surface area contributed by atoms with Crippen molar-refractivity contribution in [2.75, 3.05) is 27.4 Å². The first kappa shape index (κ1) is 17.3. The first-order valence-electron chi connectivity index (χ1n) is 3.07. The highest BCUT2D eigenvalue weighted by atomic mass is 16.4. The molecule has 0 rings (SSSR count). The predicted octanol–water partition coefficient (Wildman–Crippen LogP) is -0.509. The van der Waals surface area contributed by atoms with Crippen LogP contribution < -0.4 is 0 Å². The third-order valence-electron chi connectivity index (χ3n) is 0.275. The summed E-state index contributed by atoms with van der Waals surface area (Å²) in [5, 5.41) is 22.9. The highest BCUT2D eigenvalue weighted by Crippen LogP contribution is 1.54. The van der Waals surface area contributed by atoms with Gasteiger partial charge in [0.25, 0.3) is 0 Å². The summed E-state index contributed by atoms with van der Waals surface area (Å²) in [6.07, 6.45) is 0.833. The number of carboxylic acids is 1. The Labute approximate surface area is 71.9 Å². The van der Waals surface area contributed by atoms with Gasteiger partial charge in [-0.15, -0.1) is 0 Å². The van der Waals surface area contributed by atoms with E-state index in [0.29, 0.717) is 0 Å². The smallest absolute Gasteiger partial charge is 0.327 e. The molecular weight excluding hydrogens is 164 g/mol. The third-order valence-corrected chi connectivity index (χ3v) is 0.275. The molecule has 0 heterocycles. The molecule has 0 aromatic carbocycles. The number of aliphatic hydroxyl groups is 2. The maximum absolute atomic E-state index is 9.25. The Morgan fingerprint density at radius 1 is 1.42 bits per heavy atom. The molecule has 0 aliphatic carbocycles. The Morgan fingerprint density at radius 2 is 1.58 bits per heavy atom. The highest BCUT2D eigenvalue weighted by Gasteiger charge is 1.73. The lowest BCUT2D eigenvalue weighted by Gasteiger charge is -1.70. The van der Waals surface area contributed by atoms with Gasteiger partial charge in [0.1, 0.15) is 0 Å². The highest BCUT2D eigenvalue weighted by molar-refractivity contribution is 5.78.